The Kier molecular flexibility index (Phi) is 12.8. The summed E-state index contributed by atoms with van der Waals surface area (Å²) >= 11 is 4.16. The molecule has 0 heterocycles. The lowest BCUT2D eigenvalue weighted by Gasteiger charge is -2.05. The summed E-state index contributed by atoms with van der Waals surface area (Å²) in [5, 5.41) is -0.267. The van der Waals surface area contributed by atoms with Crippen molar-refractivity contribution in [1.82, 2.24) is 0 Å². The summed E-state index contributed by atoms with van der Waals surface area (Å²) in [6.07, 6.45) is 0. The molecule has 1 nitrogen and oxygen atoms in total. The first-order valence-corrected chi connectivity index (χ1v) is 6.70. The number of benzene rings is 1. The molecular formula is C15H26OS. The predicted octanol–water partition coefficient (Wildman–Crippen LogP) is 4.94. The number of Topliss-reactive ketones (excluding diaryl/α,β-unsaturated/α-hetero) is 1. The number of hydrogen-bond donors (Lipinski definition) is 1. The zero-order valence-corrected chi connectivity index (χ0v) is 12.8. The van der Waals surface area contributed by atoms with Crippen LogP contribution in [0.1, 0.15) is 52.4 Å². The van der Waals surface area contributed by atoms with Crippen molar-refractivity contribution in [2.75, 3.05) is 0 Å². The largest absolute Gasteiger partial charge is 0.298 e. The van der Waals surface area contributed by atoms with Gasteiger partial charge < -0.3 is 0 Å². The van der Waals surface area contributed by atoms with Crippen molar-refractivity contribution in [3.63, 3.8) is 0 Å². The molecule has 1 aromatic carbocycles. The molecule has 1 rings (SSSR count). The monoisotopic (exact) mass is 254 g/mol. The highest BCUT2D eigenvalue weighted by Gasteiger charge is 2.09. The Labute approximate surface area is 112 Å². The molecule has 1 unspecified atom stereocenters. The van der Waals surface area contributed by atoms with E-state index < -0.39 is 0 Å². The second-order valence-corrected chi connectivity index (χ2v) is 4.67. The van der Waals surface area contributed by atoms with Crippen molar-refractivity contribution in [2.24, 2.45) is 5.92 Å². The minimum atomic E-state index is -0.267. The fraction of sp³-hybridized carbons (Fsp3) is 0.533. The lowest BCUT2D eigenvalue weighted by Crippen LogP contribution is -2.00. The van der Waals surface area contributed by atoms with E-state index in [-0.39, 0.29) is 11.0 Å². The molecule has 1 atom stereocenters. The van der Waals surface area contributed by atoms with Crippen LogP contribution in [0.15, 0.2) is 30.3 Å². The molecule has 0 saturated heterocycles. The van der Waals surface area contributed by atoms with Gasteiger partial charge in [0.15, 0.2) is 0 Å². The summed E-state index contributed by atoms with van der Waals surface area (Å²) in [6, 6.07) is 9.53. The van der Waals surface area contributed by atoms with E-state index >= 15 is 0 Å². The first-order valence-electron chi connectivity index (χ1n) is 6.18. The standard InChI is InChI=1S/C9H10OS.C4H10.C2H6/c1-7(10)9(11)8-5-3-2-4-6-8;1-4(2)3;1-2/h2-6,9,11H,1H3;4H,1-3H3;1-2H3. The molecule has 1 aromatic rings. The molecule has 0 saturated carbocycles. The Hall–Kier alpha value is -0.760. The second kappa shape index (κ2) is 11.7. The van der Waals surface area contributed by atoms with Crippen LogP contribution in [0.5, 0.6) is 0 Å². The highest BCUT2D eigenvalue weighted by molar-refractivity contribution is 7.81. The molecule has 0 aliphatic carbocycles. The van der Waals surface area contributed by atoms with Gasteiger partial charge in [0.2, 0.25) is 0 Å². The highest BCUT2D eigenvalue weighted by atomic mass is 32.1. The van der Waals surface area contributed by atoms with E-state index in [2.05, 4.69) is 33.4 Å². The topological polar surface area (TPSA) is 17.1 Å². The summed E-state index contributed by atoms with van der Waals surface area (Å²) in [4.78, 5) is 10.9. The van der Waals surface area contributed by atoms with Gasteiger partial charge in [0.25, 0.3) is 0 Å². The third-order valence-electron chi connectivity index (χ3n) is 1.50. The van der Waals surface area contributed by atoms with Gasteiger partial charge >= 0.3 is 0 Å². The maximum absolute atomic E-state index is 10.9. The average molecular weight is 254 g/mol. The van der Waals surface area contributed by atoms with Crippen molar-refractivity contribution in [1.29, 1.82) is 0 Å². The summed E-state index contributed by atoms with van der Waals surface area (Å²) < 4.78 is 0. The molecule has 0 aromatic heterocycles. The third-order valence-corrected chi connectivity index (χ3v) is 2.16. The van der Waals surface area contributed by atoms with Gasteiger partial charge in [-0.15, -0.1) is 0 Å². The quantitative estimate of drug-likeness (QED) is 0.740. The summed E-state index contributed by atoms with van der Waals surface area (Å²) in [7, 11) is 0. The Bertz CT molecular complexity index is 277. The van der Waals surface area contributed by atoms with Gasteiger partial charge in [-0.3, -0.25) is 4.79 Å². The minimum Gasteiger partial charge on any atom is -0.298 e. The summed E-state index contributed by atoms with van der Waals surface area (Å²) in [6.45, 7) is 12.0. The van der Waals surface area contributed by atoms with Crippen LogP contribution in [-0.2, 0) is 4.79 Å². The fourth-order valence-corrected chi connectivity index (χ4v) is 1.04. The van der Waals surface area contributed by atoms with Gasteiger partial charge in [0, 0.05) is 0 Å². The van der Waals surface area contributed by atoms with Gasteiger partial charge in [-0.1, -0.05) is 65.0 Å². The minimum absolute atomic E-state index is 0.0829. The van der Waals surface area contributed by atoms with Gasteiger partial charge in [-0.2, -0.15) is 12.6 Å². The van der Waals surface area contributed by atoms with Gasteiger partial charge in [-0.05, 0) is 18.4 Å². The van der Waals surface area contributed by atoms with Gasteiger partial charge in [-0.25, -0.2) is 0 Å². The van der Waals surface area contributed by atoms with Crippen LogP contribution in [0.3, 0.4) is 0 Å². The number of carbonyl (C=O) groups is 1. The lowest BCUT2D eigenvalue weighted by molar-refractivity contribution is -0.116. The molecule has 0 spiro atoms. The van der Waals surface area contributed by atoms with Crippen LogP contribution in [0.4, 0.5) is 0 Å². The van der Waals surface area contributed by atoms with E-state index in [0.29, 0.717) is 0 Å². The van der Waals surface area contributed by atoms with Crippen molar-refractivity contribution < 1.29 is 4.79 Å². The van der Waals surface area contributed by atoms with Crippen molar-refractivity contribution in [3.05, 3.63) is 35.9 Å². The van der Waals surface area contributed by atoms with E-state index in [1.54, 1.807) is 6.92 Å². The lowest BCUT2D eigenvalue weighted by atomic mass is 10.1. The molecule has 98 valence electrons. The molecule has 0 fully saturated rings. The second-order valence-electron chi connectivity index (χ2n) is 4.16. The Morgan fingerprint density at radius 2 is 1.41 bits per heavy atom. The van der Waals surface area contributed by atoms with Crippen LogP contribution in [0.2, 0.25) is 0 Å². The zero-order valence-electron chi connectivity index (χ0n) is 11.9. The molecule has 0 radical (unpaired) electrons. The maximum Gasteiger partial charge on any atom is 0.146 e. The van der Waals surface area contributed by atoms with Gasteiger partial charge in [0.1, 0.15) is 5.78 Å². The van der Waals surface area contributed by atoms with E-state index in [1.165, 1.54) is 0 Å². The smallest absolute Gasteiger partial charge is 0.146 e. The third kappa shape index (κ3) is 11.5. The van der Waals surface area contributed by atoms with Crippen LogP contribution in [0.25, 0.3) is 0 Å². The SMILES string of the molecule is CC.CC(=O)C(S)c1ccccc1.CC(C)C. The molecular weight excluding hydrogens is 228 g/mol. The highest BCUT2D eigenvalue weighted by Crippen LogP contribution is 2.19. The average Bonchev–Trinajstić information content (AvgIpc) is 2.31. The van der Waals surface area contributed by atoms with Crippen molar-refractivity contribution >= 4 is 18.4 Å². The molecule has 17 heavy (non-hydrogen) atoms. The van der Waals surface area contributed by atoms with Crippen LogP contribution >= 0.6 is 12.6 Å². The van der Waals surface area contributed by atoms with Crippen LogP contribution < -0.4 is 0 Å². The van der Waals surface area contributed by atoms with Crippen molar-refractivity contribution in [2.45, 2.75) is 46.8 Å². The van der Waals surface area contributed by atoms with Crippen molar-refractivity contribution in [3.8, 4) is 0 Å². The predicted molar refractivity (Wildman–Crippen MR) is 80.7 cm³/mol. The fourth-order valence-electron chi connectivity index (χ4n) is 0.870. The first-order chi connectivity index (χ1) is 7.95. The number of hydrogen-bond acceptors (Lipinski definition) is 2. The Balaban J connectivity index is 0. The molecule has 0 N–H and O–H groups in total. The van der Waals surface area contributed by atoms with E-state index in [9.17, 15) is 4.79 Å². The van der Waals surface area contributed by atoms with E-state index in [1.807, 2.05) is 44.2 Å². The number of thiol groups is 1. The molecule has 0 aliphatic rings. The van der Waals surface area contributed by atoms with Gasteiger partial charge in [0.05, 0.1) is 5.25 Å². The zero-order chi connectivity index (χ0) is 13.8. The molecule has 0 bridgehead atoms. The number of rotatable bonds is 2. The van der Waals surface area contributed by atoms with Crippen LogP contribution in [-0.4, -0.2) is 5.78 Å². The Morgan fingerprint density at radius 3 is 1.71 bits per heavy atom. The van der Waals surface area contributed by atoms with E-state index in [0.717, 1.165) is 11.5 Å². The maximum atomic E-state index is 10.9. The number of carbonyl (C=O) groups excluding carboxylic acids is 1. The molecule has 0 aliphatic heterocycles. The summed E-state index contributed by atoms with van der Waals surface area (Å²) in [5.41, 5.74) is 0.961. The Morgan fingerprint density at radius 1 is 1.06 bits per heavy atom. The first kappa shape index (κ1) is 18.6. The summed E-state index contributed by atoms with van der Waals surface area (Å²) in [5.74, 6) is 0.916. The molecule has 0 amide bonds. The van der Waals surface area contributed by atoms with E-state index in [4.69, 9.17) is 0 Å². The normalized spacial score (nSPS) is 10.6. The van der Waals surface area contributed by atoms with Crippen LogP contribution in [0, 0.1) is 5.92 Å². The molecule has 2 heteroatoms. The number of ketones is 1.